The van der Waals surface area contributed by atoms with E-state index in [-0.39, 0.29) is 11.7 Å². The van der Waals surface area contributed by atoms with Crippen LogP contribution in [0.5, 0.6) is 5.75 Å². The average Bonchev–Trinajstić information content (AvgIpc) is 2.38. The minimum Gasteiger partial charge on any atom is -0.508 e. The van der Waals surface area contributed by atoms with Gasteiger partial charge in [0.1, 0.15) is 5.75 Å². The maximum Gasteiger partial charge on any atom is 0.253 e. The van der Waals surface area contributed by atoms with Gasteiger partial charge in [0.05, 0.1) is 0 Å². The zero-order valence-electron chi connectivity index (χ0n) is 12.0. The van der Waals surface area contributed by atoms with Crippen molar-refractivity contribution in [3.8, 4) is 5.75 Å². The van der Waals surface area contributed by atoms with Gasteiger partial charge in [-0.15, -0.1) is 0 Å². The van der Waals surface area contributed by atoms with Gasteiger partial charge in [-0.1, -0.05) is 20.8 Å². The number of amides is 1. The highest BCUT2D eigenvalue weighted by Crippen LogP contribution is 2.34. The standard InChI is InChI=1S/C16H23NO2/c1-16(2,3)13-8-10-17(11-9-13)15(19)12-4-6-14(18)7-5-12/h4-7,13,18H,8-11H2,1-3H3. The van der Waals surface area contributed by atoms with Gasteiger partial charge in [-0.05, 0) is 48.4 Å². The molecule has 0 atom stereocenters. The SMILES string of the molecule is CC(C)(C)C1CCN(C(=O)c2ccc(O)cc2)CC1. The number of aromatic hydroxyl groups is 1. The summed E-state index contributed by atoms with van der Waals surface area (Å²) < 4.78 is 0. The summed E-state index contributed by atoms with van der Waals surface area (Å²) in [6, 6.07) is 6.51. The molecule has 0 bridgehead atoms. The summed E-state index contributed by atoms with van der Waals surface area (Å²) in [6.07, 6.45) is 2.15. The molecule has 1 heterocycles. The molecule has 19 heavy (non-hydrogen) atoms. The first-order valence-electron chi connectivity index (χ1n) is 6.96. The molecular weight excluding hydrogens is 238 g/mol. The van der Waals surface area contributed by atoms with Crippen LogP contribution >= 0.6 is 0 Å². The van der Waals surface area contributed by atoms with Crippen molar-refractivity contribution in [3.05, 3.63) is 29.8 Å². The van der Waals surface area contributed by atoms with Gasteiger partial charge in [-0.25, -0.2) is 0 Å². The second-order valence-corrected chi connectivity index (χ2v) is 6.48. The van der Waals surface area contributed by atoms with E-state index in [2.05, 4.69) is 20.8 Å². The zero-order valence-corrected chi connectivity index (χ0v) is 12.0. The normalized spacial score (nSPS) is 17.5. The van der Waals surface area contributed by atoms with Gasteiger partial charge in [-0.3, -0.25) is 4.79 Å². The van der Waals surface area contributed by atoms with Crippen molar-refractivity contribution in [2.24, 2.45) is 11.3 Å². The summed E-state index contributed by atoms with van der Waals surface area (Å²) in [6.45, 7) is 8.49. The molecule has 1 aliphatic heterocycles. The number of hydrogen-bond donors (Lipinski definition) is 1. The minimum atomic E-state index is 0.0763. The van der Waals surface area contributed by atoms with E-state index in [1.54, 1.807) is 24.3 Å². The first kappa shape index (κ1) is 13.9. The predicted molar refractivity (Wildman–Crippen MR) is 76.2 cm³/mol. The fraction of sp³-hybridized carbons (Fsp3) is 0.562. The molecule has 1 amide bonds. The summed E-state index contributed by atoms with van der Waals surface area (Å²) in [5.41, 5.74) is 0.986. The van der Waals surface area contributed by atoms with Crippen molar-refractivity contribution < 1.29 is 9.90 Å². The minimum absolute atomic E-state index is 0.0763. The smallest absolute Gasteiger partial charge is 0.253 e. The molecule has 1 aliphatic rings. The van der Waals surface area contributed by atoms with E-state index in [1.165, 1.54) is 0 Å². The fourth-order valence-electron chi connectivity index (χ4n) is 2.74. The number of piperidine rings is 1. The molecule has 0 saturated carbocycles. The Morgan fingerprint density at radius 1 is 1.16 bits per heavy atom. The summed E-state index contributed by atoms with van der Waals surface area (Å²) in [7, 11) is 0. The van der Waals surface area contributed by atoms with Crippen LogP contribution in [0.25, 0.3) is 0 Å². The van der Waals surface area contributed by atoms with Gasteiger partial charge >= 0.3 is 0 Å². The number of phenols is 1. The van der Waals surface area contributed by atoms with Crippen LogP contribution in [0.4, 0.5) is 0 Å². The Morgan fingerprint density at radius 3 is 2.16 bits per heavy atom. The molecule has 0 aliphatic carbocycles. The fourth-order valence-corrected chi connectivity index (χ4v) is 2.74. The van der Waals surface area contributed by atoms with E-state index < -0.39 is 0 Å². The lowest BCUT2D eigenvalue weighted by Gasteiger charge is -2.38. The van der Waals surface area contributed by atoms with Crippen molar-refractivity contribution >= 4 is 5.91 Å². The molecule has 1 aromatic rings. The van der Waals surface area contributed by atoms with E-state index in [0.29, 0.717) is 16.9 Å². The third kappa shape index (κ3) is 3.28. The maximum atomic E-state index is 12.3. The predicted octanol–water partition coefficient (Wildman–Crippen LogP) is 3.29. The average molecular weight is 261 g/mol. The Morgan fingerprint density at radius 2 is 1.68 bits per heavy atom. The van der Waals surface area contributed by atoms with E-state index in [0.717, 1.165) is 25.9 Å². The molecule has 0 aromatic heterocycles. The molecule has 0 spiro atoms. The number of carbonyl (C=O) groups is 1. The van der Waals surface area contributed by atoms with E-state index >= 15 is 0 Å². The Bertz CT molecular complexity index is 437. The monoisotopic (exact) mass is 261 g/mol. The number of nitrogens with zero attached hydrogens (tertiary/aromatic N) is 1. The van der Waals surface area contributed by atoms with E-state index in [1.807, 2.05) is 4.90 Å². The number of carbonyl (C=O) groups excluding carboxylic acids is 1. The number of rotatable bonds is 1. The highest BCUT2D eigenvalue weighted by Gasteiger charge is 2.30. The number of benzene rings is 1. The van der Waals surface area contributed by atoms with Crippen LogP contribution in [0.3, 0.4) is 0 Å². The highest BCUT2D eigenvalue weighted by molar-refractivity contribution is 5.94. The molecule has 2 rings (SSSR count). The Hall–Kier alpha value is -1.51. The van der Waals surface area contributed by atoms with Gasteiger partial charge in [0.15, 0.2) is 0 Å². The second-order valence-electron chi connectivity index (χ2n) is 6.48. The van der Waals surface area contributed by atoms with Gasteiger partial charge in [0, 0.05) is 18.7 Å². The van der Waals surface area contributed by atoms with Gasteiger partial charge in [0.25, 0.3) is 5.91 Å². The Balaban J connectivity index is 1.98. The Labute approximate surface area is 115 Å². The van der Waals surface area contributed by atoms with Crippen molar-refractivity contribution in [1.29, 1.82) is 0 Å². The molecule has 1 saturated heterocycles. The molecular formula is C16H23NO2. The lowest BCUT2D eigenvalue weighted by molar-refractivity contribution is 0.0608. The van der Waals surface area contributed by atoms with Crippen LogP contribution in [0, 0.1) is 11.3 Å². The third-order valence-electron chi connectivity index (χ3n) is 4.12. The van der Waals surface area contributed by atoms with Crippen LogP contribution in [0.2, 0.25) is 0 Å². The van der Waals surface area contributed by atoms with Crippen LogP contribution in [-0.4, -0.2) is 29.0 Å². The summed E-state index contributed by atoms with van der Waals surface area (Å²) >= 11 is 0. The highest BCUT2D eigenvalue weighted by atomic mass is 16.3. The van der Waals surface area contributed by atoms with Crippen LogP contribution in [-0.2, 0) is 0 Å². The molecule has 3 nitrogen and oxygen atoms in total. The van der Waals surface area contributed by atoms with Crippen LogP contribution in [0.15, 0.2) is 24.3 Å². The first-order chi connectivity index (χ1) is 8.88. The lowest BCUT2D eigenvalue weighted by Crippen LogP contribution is -2.41. The molecule has 0 unspecified atom stereocenters. The van der Waals surface area contributed by atoms with Crippen molar-refractivity contribution in [2.45, 2.75) is 33.6 Å². The Kier molecular flexibility index (Phi) is 3.83. The topological polar surface area (TPSA) is 40.5 Å². The molecule has 1 aromatic carbocycles. The molecule has 104 valence electrons. The van der Waals surface area contributed by atoms with Crippen molar-refractivity contribution in [3.63, 3.8) is 0 Å². The largest absolute Gasteiger partial charge is 0.508 e. The quantitative estimate of drug-likeness (QED) is 0.842. The van der Waals surface area contributed by atoms with Crippen LogP contribution in [0.1, 0.15) is 44.0 Å². The van der Waals surface area contributed by atoms with E-state index in [4.69, 9.17) is 0 Å². The molecule has 1 N–H and O–H groups in total. The first-order valence-corrected chi connectivity index (χ1v) is 6.96. The second kappa shape index (κ2) is 5.24. The summed E-state index contributed by atoms with van der Waals surface area (Å²) in [5, 5.41) is 9.25. The van der Waals surface area contributed by atoms with Gasteiger partial charge in [0.2, 0.25) is 0 Å². The number of likely N-dealkylation sites (tertiary alicyclic amines) is 1. The number of phenolic OH excluding ortho intramolecular Hbond substituents is 1. The molecule has 1 fully saturated rings. The van der Waals surface area contributed by atoms with Gasteiger partial charge in [-0.2, -0.15) is 0 Å². The molecule has 3 heteroatoms. The van der Waals surface area contributed by atoms with Crippen molar-refractivity contribution in [1.82, 2.24) is 4.90 Å². The summed E-state index contributed by atoms with van der Waals surface area (Å²) in [4.78, 5) is 14.2. The van der Waals surface area contributed by atoms with Crippen LogP contribution < -0.4 is 0 Å². The van der Waals surface area contributed by atoms with Gasteiger partial charge < -0.3 is 10.0 Å². The molecule has 0 radical (unpaired) electrons. The number of hydrogen-bond acceptors (Lipinski definition) is 2. The zero-order chi connectivity index (χ0) is 14.0. The maximum absolute atomic E-state index is 12.3. The lowest BCUT2D eigenvalue weighted by atomic mass is 9.75. The summed E-state index contributed by atoms with van der Waals surface area (Å²) in [5.74, 6) is 0.965. The van der Waals surface area contributed by atoms with E-state index in [9.17, 15) is 9.90 Å². The van der Waals surface area contributed by atoms with Crippen molar-refractivity contribution in [2.75, 3.05) is 13.1 Å². The third-order valence-corrected chi connectivity index (χ3v) is 4.12.